The lowest BCUT2D eigenvalue weighted by Gasteiger charge is -2.36. The Bertz CT molecular complexity index is 602. The molecule has 6 heteroatoms. The number of carbonyl (C=O) groups excluding carboxylic acids is 1. The van der Waals surface area contributed by atoms with E-state index < -0.39 is 0 Å². The van der Waals surface area contributed by atoms with Crippen LogP contribution in [0.15, 0.2) is 0 Å². The van der Waals surface area contributed by atoms with Crippen LogP contribution in [0.3, 0.4) is 0 Å². The zero-order chi connectivity index (χ0) is 16.5. The summed E-state index contributed by atoms with van der Waals surface area (Å²) >= 11 is 2.06. The van der Waals surface area contributed by atoms with Crippen molar-refractivity contribution in [2.24, 2.45) is 7.05 Å². The molecule has 0 saturated carbocycles. The molecule has 0 spiro atoms. The Kier molecular flexibility index (Phi) is 4.86. The van der Waals surface area contributed by atoms with E-state index in [0.717, 1.165) is 44.5 Å². The quantitative estimate of drug-likeness (QED) is 0.819. The highest BCUT2D eigenvalue weighted by molar-refractivity contribution is 7.99. The highest BCUT2D eigenvalue weighted by Gasteiger charge is 2.33. The summed E-state index contributed by atoms with van der Waals surface area (Å²) in [5, 5.41) is 4.65. The number of carbonyl (C=O) groups is 1. The number of piperidine rings is 1. The number of aryl methyl sites for hydroxylation is 1. The maximum atomic E-state index is 13.0. The first-order valence-electron chi connectivity index (χ1n) is 9.40. The summed E-state index contributed by atoms with van der Waals surface area (Å²) in [6, 6.07) is 0.593. The Balaban J connectivity index is 1.56. The number of fused-ring (bicyclic) bond motifs is 1. The average molecular weight is 349 g/mol. The molecule has 1 aromatic rings. The third kappa shape index (κ3) is 3.10. The molecule has 1 unspecified atom stereocenters. The van der Waals surface area contributed by atoms with Crippen molar-refractivity contribution in [3.63, 3.8) is 0 Å². The molecule has 2 fully saturated rings. The molecule has 24 heavy (non-hydrogen) atoms. The maximum Gasteiger partial charge on any atom is 0.274 e. The van der Waals surface area contributed by atoms with Gasteiger partial charge in [0, 0.05) is 62.0 Å². The molecule has 0 N–H and O–H groups in total. The predicted octanol–water partition coefficient (Wildman–Crippen LogP) is 1.95. The van der Waals surface area contributed by atoms with Crippen molar-refractivity contribution in [2.75, 3.05) is 37.7 Å². The first-order valence-corrected chi connectivity index (χ1v) is 10.6. The van der Waals surface area contributed by atoms with E-state index in [1.54, 1.807) is 0 Å². The number of nitrogens with zero attached hydrogens (tertiary/aromatic N) is 4. The van der Waals surface area contributed by atoms with Crippen molar-refractivity contribution in [1.82, 2.24) is 19.6 Å². The zero-order valence-corrected chi connectivity index (χ0v) is 15.5. The lowest BCUT2D eigenvalue weighted by atomic mass is 9.90. The number of likely N-dealkylation sites (tertiary alicyclic amines) is 1. The highest BCUT2D eigenvalue weighted by atomic mass is 32.2. The van der Waals surface area contributed by atoms with Gasteiger partial charge in [-0.2, -0.15) is 16.9 Å². The Hall–Kier alpha value is -1.01. The molecular formula is C18H28N4OS. The largest absolute Gasteiger partial charge is 0.337 e. The van der Waals surface area contributed by atoms with E-state index in [-0.39, 0.29) is 5.91 Å². The summed E-state index contributed by atoms with van der Waals surface area (Å²) < 4.78 is 1.97. The van der Waals surface area contributed by atoms with Crippen LogP contribution in [0.5, 0.6) is 0 Å². The Morgan fingerprint density at radius 3 is 2.62 bits per heavy atom. The molecule has 4 rings (SSSR count). The number of thioether (sulfide) groups is 1. The molecule has 0 radical (unpaired) electrons. The summed E-state index contributed by atoms with van der Waals surface area (Å²) in [5.74, 6) is 2.66. The van der Waals surface area contributed by atoms with Crippen LogP contribution >= 0.6 is 11.8 Å². The summed E-state index contributed by atoms with van der Waals surface area (Å²) in [6.07, 6.45) is 6.78. The summed E-state index contributed by atoms with van der Waals surface area (Å²) in [6.45, 7) is 4.19. The van der Waals surface area contributed by atoms with E-state index in [2.05, 4.69) is 21.8 Å². The summed E-state index contributed by atoms with van der Waals surface area (Å²) in [5.41, 5.74) is 3.27. The second-order valence-electron chi connectivity index (χ2n) is 7.30. The minimum Gasteiger partial charge on any atom is -0.337 e. The van der Waals surface area contributed by atoms with Gasteiger partial charge in [0.05, 0.1) is 0 Å². The first-order chi connectivity index (χ1) is 11.7. The lowest BCUT2D eigenvalue weighted by molar-refractivity contribution is 0.0715. The predicted molar refractivity (Wildman–Crippen MR) is 97.7 cm³/mol. The number of aromatic nitrogens is 2. The second kappa shape index (κ2) is 7.08. The highest BCUT2D eigenvalue weighted by Crippen LogP contribution is 2.29. The normalized spacial score (nSPS) is 25.5. The zero-order valence-electron chi connectivity index (χ0n) is 14.7. The second-order valence-corrected chi connectivity index (χ2v) is 8.52. The Morgan fingerprint density at radius 2 is 1.88 bits per heavy atom. The van der Waals surface area contributed by atoms with Crippen LogP contribution < -0.4 is 0 Å². The number of rotatable bonds is 2. The number of hydrogen-bond acceptors (Lipinski definition) is 4. The van der Waals surface area contributed by atoms with Gasteiger partial charge in [0.1, 0.15) is 0 Å². The van der Waals surface area contributed by atoms with E-state index in [1.807, 2.05) is 16.6 Å². The van der Waals surface area contributed by atoms with Crippen molar-refractivity contribution >= 4 is 17.7 Å². The minimum atomic E-state index is 0.168. The molecule has 1 aromatic heterocycles. The molecule has 1 atom stereocenters. The van der Waals surface area contributed by atoms with Crippen molar-refractivity contribution < 1.29 is 4.79 Å². The van der Waals surface area contributed by atoms with Gasteiger partial charge in [0.15, 0.2) is 5.69 Å². The van der Waals surface area contributed by atoms with Gasteiger partial charge in [-0.1, -0.05) is 0 Å². The minimum absolute atomic E-state index is 0.168. The molecule has 0 aromatic carbocycles. The SMILES string of the molecule is Cn1nc(C(=O)N2CCCCC2)c2c1CCC(N1CCSCC1)C2. The van der Waals surface area contributed by atoms with Gasteiger partial charge in [-0.05, 0) is 38.5 Å². The molecule has 0 bridgehead atoms. The van der Waals surface area contributed by atoms with Gasteiger partial charge in [-0.15, -0.1) is 0 Å². The molecule has 3 aliphatic rings. The van der Waals surface area contributed by atoms with Crippen molar-refractivity contribution in [3.05, 3.63) is 17.0 Å². The molecule has 1 amide bonds. The standard InChI is InChI=1S/C18H28N4OS/c1-20-16-6-5-14(21-9-11-24-12-10-21)13-15(16)17(19-20)18(23)22-7-3-2-4-8-22/h14H,2-13H2,1H3. The third-order valence-corrected chi connectivity index (χ3v) is 6.78. The fourth-order valence-electron chi connectivity index (χ4n) is 4.44. The smallest absolute Gasteiger partial charge is 0.274 e. The fourth-order valence-corrected chi connectivity index (χ4v) is 5.38. The molecule has 5 nitrogen and oxygen atoms in total. The monoisotopic (exact) mass is 348 g/mol. The summed E-state index contributed by atoms with van der Waals surface area (Å²) in [4.78, 5) is 17.7. The molecular weight excluding hydrogens is 320 g/mol. The van der Waals surface area contributed by atoms with E-state index in [1.165, 1.54) is 48.7 Å². The molecule has 1 aliphatic carbocycles. The Labute approximate surface area is 148 Å². The van der Waals surface area contributed by atoms with Crippen LogP contribution in [0.25, 0.3) is 0 Å². The van der Waals surface area contributed by atoms with Gasteiger partial charge < -0.3 is 4.90 Å². The fraction of sp³-hybridized carbons (Fsp3) is 0.778. The van der Waals surface area contributed by atoms with E-state index in [4.69, 9.17) is 0 Å². The van der Waals surface area contributed by atoms with E-state index in [0.29, 0.717) is 6.04 Å². The topological polar surface area (TPSA) is 41.4 Å². The van der Waals surface area contributed by atoms with Crippen LogP contribution in [-0.4, -0.2) is 69.2 Å². The van der Waals surface area contributed by atoms with E-state index >= 15 is 0 Å². The summed E-state index contributed by atoms with van der Waals surface area (Å²) in [7, 11) is 2.00. The van der Waals surface area contributed by atoms with Crippen LogP contribution in [0.4, 0.5) is 0 Å². The average Bonchev–Trinajstić information content (AvgIpc) is 2.99. The van der Waals surface area contributed by atoms with Gasteiger partial charge in [0.25, 0.3) is 5.91 Å². The third-order valence-electron chi connectivity index (χ3n) is 5.84. The van der Waals surface area contributed by atoms with Gasteiger partial charge in [0.2, 0.25) is 0 Å². The molecule has 2 saturated heterocycles. The van der Waals surface area contributed by atoms with Crippen LogP contribution in [0.1, 0.15) is 47.4 Å². The number of amides is 1. The van der Waals surface area contributed by atoms with Gasteiger partial charge >= 0.3 is 0 Å². The van der Waals surface area contributed by atoms with E-state index in [9.17, 15) is 4.79 Å². The first kappa shape index (κ1) is 16.5. The molecule has 2 aliphatic heterocycles. The van der Waals surface area contributed by atoms with Crippen LogP contribution in [-0.2, 0) is 19.9 Å². The van der Waals surface area contributed by atoms with Crippen molar-refractivity contribution in [2.45, 2.75) is 44.6 Å². The molecule has 132 valence electrons. The number of hydrogen-bond donors (Lipinski definition) is 0. The van der Waals surface area contributed by atoms with Crippen LogP contribution in [0, 0.1) is 0 Å². The van der Waals surface area contributed by atoms with Crippen molar-refractivity contribution in [1.29, 1.82) is 0 Å². The van der Waals surface area contributed by atoms with Crippen LogP contribution in [0.2, 0.25) is 0 Å². The maximum absolute atomic E-state index is 13.0. The lowest BCUT2D eigenvalue weighted by Crippen LogP contribution is -2.44. The Morgan fingerprint density at radius 1 is 1.12 bits per heavy atom. The van der Waals surface area contributed by atoms with Crippen molar-refractivity contribution in [3.8, 4) is 0 Å². The molecule has 3 heterocycles. The van der Waals surface area contributed by atoms with Gasteiger partial charge in [-0.3, -0.25) is 14.4 Å². The van der Waals surface area contributed by atoms with Gasteiger partial charge in [-0.25, -0.2) is 0 Å².